The summed E-state index contributed by atoms with van der Waals surface area (Å²) >= 11 is 0. The molecule has 0 N–H and O–H groups in total. The standard InChI is InChI=1S/C32H36N2/c1-7-13-25-19-21-31(29(17-11-5)27(25)15-9-3)33-23-24-34-32-22-20-26(14-8-2)28(16-10-4)30(32)18-12-6/h7-12,19-24H,1-6,13-18H2. The van der Waals surface area contributed by atoms with E-state index in [2.05, 4.69) is 63.7 Å². The summed E-state index contributed by atoms with van der Waals surface area (Å²) in [5.41, 5.74) is 9.21. The van der Waals surface area contributed by atoms with Crippen LogP contribution in [0.3, 0.4) is 0 Å². The minimum atomic E-state index is 0.747. The maximum atomic E-state index is 4.73. The van der Waals surface area contributed by atoms with E-state index < -0.39 is 0 Å². The molecule has 0 radical (unpaired) electrons. The first-order chi connectivity index (χ1) is 16.6. The van der Waals surface area contributed by atoms with Crippen molar-refractivity contribution in [3.05, 3.63) is 134 Å². The second kappa shape index (κ2) is 14.4. The molecule has 2 rings (SSSR count). The zero-order valence-electron chi connectivity index (χ0n) is 20.3. The highest BCUT2D eigenvalue weighted by Gasteiger charge is 2.11. The van der Waals surface area contributed by atoms with Crippen molar-refractivity contribution in [1.82, 2.24) is 0 Å². The SMILES string of the molecule is C=CCc1ccc(N=CC=Nc2ccc(CC=C)c(CC=C)c2CC=C)c(CC=C)c1CC=C. The highest BCUT2D eigenvalue weighted by atomic mass is 14.8. The van der Waals surface area contributed by atoms with Gasteiger partial charge in [-0.05, 0) is 84.0 Å². The molecule has 0 unspecified atom stereocenters. The van der Waals surface area contributed by atoms with Gasteiger partial charge >= 0.3 is 0 Å². The summed E-state index contributed by atoms with van der Waals surface area (Å²) in [6.07, 6.45) is 19.8. The van der Waals surface area contributed by atoms with Crippen LogP contribution in [0.25, 0.3) is 0 Å². The van der Waals surface area contributed by atoms with E-state index in [-0.39, 0.29) is 0 Å². The van der Waals surface area contributed by atoms with Crippen molar-refractivity contribution in [2.45, 2.75) is 38.5 Å². The Balaban J connectivity index is 2.44. The molecule has 2 aromatic carbocycles. The van der Waals surface area contributed by atoms with E-state index in [0.29, 0.717) is 0 Å². The molecule has 0 spiro atoms. The van der Waals surface area contributed by atoms with Crippen LogP contribution < -0.4 is 0 Å². The summed E-state index contributed by atoms with van der Waals surface area (Å²) in [5, 5.41) is 0. The monoisotopic (exact) mass is 448 g/mol. The third kappa shape index (κ3) is 6.86. The van der Waals surface area contributed by atoms with Crippen LogP contribution in [0.5, 0.6) is 0 Å². The van der Waals surface area contributed by atoms with E-state index in [1.165, 1.54) is 33.4 Å². The summed E-state index contributed by atoms with van der Waals surface area (Å²) in [4.78, 5) is 9.47. The molecule has 0 aromatic heterocycles. The molecule has 0 bridgehead atoms. The van der Waals surface area contributed by atoms with Crippen LogP contribution >= 0.6 is 0 Å². The molecular weight excluding hydrogens is 412 g/mol. The Morgan fingerprint density at radius 3 is 1.09 bits per heavy atom. The molecule has 0 atom stereocenters. The lowest BCUT2D eigenvalue weighted by Gasteiger charge is -2.15. The van der Waals surface area contributed by atoms with Crippen LogP contribution in [0.4, 0.5) is 11.4 Å². The lowest BCUT2D eigenvalue weighted by Crippen LogP contribution is -2.00. The fourth-order valence-electron chi connectivity index (χ4n) is 4.16. The van der Waals surface area contributed by atoms with Crippen LogP contribution in [0, 0.1) is 0 Å². The molecule has 0 aliphatic carbocycles. The van der Waals surface area contributed by atoms with Gasteiger partial charge in [-0.25, -0.2) is 0 Å². The molecule has 0 aliphatic rings. The van der Waals surface area contributed by atoms with Gasteiger partial charge in [0.15, 0.2) is 0 Å². The number of aliphatic imine (C=N–C) groups is 2. The first-order valence-electron chi connectivity index (χ1n) is 11.6. The number of hydrogen-bond donors (Lipinski definition) is 0. The van der Waals surface area contributed by atoms with Crippen molar-refractivity contribution < 1.29 is 0 Å². The van der Waals surface area contributed by atoms with Crippen LogP contribution in [0.1, 0.15) is 33.4 Å². The minimum absolute atomic E-state index is 0.747. The van der Waals surface area contributed by atoms with Crippen LogP contribution in [0.15, 0.2) is 110 Å². The Hall–Kier alpha value is -3.78. The second-order valence-electron chi connectivity index (χ2n) is 7.91. The number of nitrogens with zero attached hydrogens (tertiary/aromatic N) is 2. The Kier molecular flexibility index (Phi) is 11.2. The molecule has 2 nitrogen and oxygen atoms in total. The van der Waals surface area contributed by atoms with Crippen molar-refractivity contribution in [3.8, 4) is 0 Å². The molecule has 0 fully saturated rings. The lowest BCUT2D eigenvalue weighted by atomic mass is 9.93. The van der Waals surface area contributed by atoms with Crippen molar-refractivity contribution >= 4 is 23.8 Å². The number of benzene rings is 2. The number of hydrogen-bond acceptors (Lipinski definition) is 2. The summed E-state index contributed by atoms with van der Waals surface area (Å²) in [7, 11) is 0. The van der Waals surface area contributed by atoms with Gasteiger partial charge in [0.05, 0.1) is 11.4 Å². The van der Waals surface area contributed by atoms with E-state index in [1.807, 2.05) is 36.5 Å². The Morgan fingerprint density at radius 2 is 0.765 bits per heavy atom. The fraction of sp³-hybridized carbons (Fsp3) is 0.188. The molecule has 34 heavy (non-hydrogen) atoms. The van der Waals surface area contributed by atoms with Gasteiger partial charge in [-0.3, -0.25) is 9.98 Å². The summed E-state index contributed by atoms with van der Waals surface area (Å²) in [6, 6.07) is 8.37. The first kappa shape index (κ1) is 26.5. The largest absolute Gasteiger partial charge is 0.255 e. The zero-order chi connectivity index (χ0) is 24.8. The van der Waals surface area contributed by atoms with Gasteiger partial charge in [-0.1, -0.05) is 48.6 Å². The summed E-state index contributed by atoms with van der Waals surface area (Å²) in [6.45, 7) is 23.5. The maximum absolute atomic E-state index is 4.73. The first-order valence-corrected chi connectivity index (χ1v) is 11.6. The van der Waals surface area contributed by atoms with E-state index in [4.69, 9.17) is 9.98 Å². The molecule has 2 aromatic rings. The maximum Gasteiger partial charge on any atom is 0.0668 e. The average Bonchev–Trinajstić information content (AvgIpc) is 2.83. The predicted octanol–water partition coefficient (Wildman–Crippen LogP) is 8.16. The Bertz CT molecular complexity index is 1020. The third-order valence-corrected chi connectivity index (χ3v) is 5.62. The topological polar surface area (TPSA) is 24.7 Å². The van der Waals surface area contributed by atoms with Gasteiger partial charge in [-0.15, -0.1) is 39.5 Å². The lowest BCUT2D eigenvalue weighted by molar-refractivity contribution is 1.08. The summed E-state index contributed by atoms with van der Waals surface area (Å²) in [5.74, 6) is 0. The van der Waals surface area contributed by atoms with Gasteiger partial charge in [0, 0.05) is 12.4 Å². The predicted molar refractivity (Wildman–Crippen MR) is 153 cm³/mol. The highest BCUT2D eigenvalue weighted by molar-refractivity contribution is 6.17. The molecule has 0 saturated heterocycles. The van der Waals surface area contributed by atoms with Crippen molar-refractivity contribution in [3.63, 3.8) is 0 Å². The molecule has 0 amide bonds. The van der Waals surface area contributed by atoms with Gasteiger partial charge in [-0.2, -0.15) is 0 Å². The third-order valence-electron chi connectivity index (χ3n) is 5.62. The van der Waals surface area contributed by atoms with E-state index in [9.17, 15) is 0 Å². The fourth-order valence-corrected chi connectivity index (χ4v) is 4.16. The van der Waals surface area contributed by atoms with Crippen LogP contribution in [-0.2, 0) is 38.5 Å². The van der Waals surface area contributed by atoms with Gasteiger partial charge < -0.3 is 0 Å². The van der Waals surface area contributed by atoms with Crippen molar-refractivity contribution in [2.75, 3.05) is 0 Å². The van der Waals surface area contributed by atoms with Gasteiger partial charge in [0.2, 0.25) is 0 Å². The van der Waals surface area contributed by atoms with Crippen LogP contribution in [0.2, 0.25) is 0 Å². The molecule has 2 heteroatoms. The Morgan fingerprint density at radius 1 is 0.441 bits per heavy atom. The average molecular weight is 449 g/mol. The quantitative estimate of drug-likeness (QED) is 0.194. The number of rotatable bonds is 15. The summed E-state index contributed by atoms with van der Waals surface area (Å²) < 4.78 is 0. The molecule has 0 saturated carbocycles. The normalized spacial score (nSPS) is 10.9. The molecule has 174 valence electrons. The van der Waals surface area contributed by atoms with Crippen molar-refractivity contribution in [1.29, 1.82) is 0 Å². The second-order valence-corrected chi connectivity index (χ2v) is 7.91. The van der Waals surface area contributed by atoms with Crippen molar-refractivity contribution in [2.24, 2.45) is 9.98 Å². The molecule has 0 heterocycles. The van der Waals surface area contributed by atoms with E-state index >= 15 is 0 Å². The minimum Gasteiger partial charge on any atom is -0.255 e. The van der Waals surface area contributed by atoms with E-state index in [1.54, 1.807) is 12.4 Å². The number of allylic oxidation sites excluding steroid dienone is 6. The Labute approximate surface area is 205 Å². The molecular formula is C32H36N2. The van der Waals surface area contributed by atoms with Gasteiger partial charge in [0.25, 0.3) is 0 Å². The highest BCUT2D eigenvalue weighted by Crippen LogP contribution is 2.30. The smallest absolute Gasteiger partial charge is 0.0668 e. The molecule has 0 aliphatic heterocycles. The van der Waals surface area contributed by atoms with Crippen LogP contribution in [-0.4, -0.2) is 12.4 Å². The van der Waals surface area contributed by atoms with E-state index in [0.717, 1.165) is 49.9 Å². The zero-order valence-corrected chi connectivity index (χ0v) is 20.3. The van der Waals surface area contributed by atoms with Gasteiger partial charge in [0.1, 0.15) is 0 Å².